The maximum atomic E-state index is 14.2. The molecule has 0 aromatic carbocycles. The van der Waals surface area contributed by atoms with Crippen LogP contribution in [0.25, 0.3) is 0 Å². The first-order valence-electron chi connectivity index (χ1n) is 17.6. The van der Waals surface area contributed by atoms with Crippen molar-refractivity contribution in [3.8, 4) is 0 Å². The Morgan fingerprint density at radius 3 is 1.08 bits per heavy atom. The van der Waals surface area contributed by atoms with Gasteiger partial charge >= 0.3 is 0 Å². The number of carbonyl (C=O) groups is 2. The number of Topliss-reactive ketones (excluding diaryl/α,β-unsaturated/α-hetero) is 1. The van der Waals surface area contributed by atoms with Crippen molar-refractivity contribution in [2.75, 3.05) is 0 Å². The number of ketones is 1. The first kappa shape index (κ1) is 37.3. The van der Waals surface area contributed by atoms with Gasteiger partial charge in [0.15, 0.2) is 0 Å². The molecule has 2 heteroatoms. The Kier molecular flexibility index (Phi) is 27.4. The van der Waals surface area contributed by atoms with Crippen LogP contribution in [0.3, 0.4) is 0 Å². The molecule has 0 aliphatic heterocycles. The van der Waals surface area contributed by atoms with Crippen LogP contribution in [0.1, 0.15) is 207 Å². The molecule has 0 atom stereocenters. The number of hydrogen-bond donors (Lipinski definition) is 0. The van der Waals surface area contributed by atoms with Gasteiger partial charge in [-0.1, -0.05) is 182 Å². The summed E-state index contributed by atoms with van der Waals surface area (Å²) in [6.45, 7) is 9.04. The van der Waals surface area contributed by atoms with Gasteiger partial charge in [0.25, 0.3) is 0 Å². The van der Waals surface area contributed by atoms with E-state index in [1.807, 2.05) is 0 Å². The SMILES string of the molecule is CCCCCCCCC(CCCCCCCC)C(=O)C(C=O)(CCCCCCCC)CCCCCCCC. The topological polar surface area (TPSA) is 34.1 Å². The van der Waals surface area contributed by atoms with Crippen LogP contribution in [-0.2, 0) is 9.59 Å². The van der Waals surface area contributed by atoms with E-state index in [0.717, 1.165) is 57.7 Å². The minimum Gasteiger partial charge on any atom is -0.302 e. The second-order valence-corrected chi connectivity index (χ2v) is 12.5. The summed E-state index contributed by atoms with van der Waals surface area (Å²) in [7, 11) is 0. The summed E-state index contributed by atoms with van der Waals surface area (Å²) >= 11 is 0. The average Bonchev–Trinajstić information content (AvgIpc) is 2.93. The molecule has 0 aliphatic carbocycles. The van der Waals surface area contributed by atoms with Gasteiger partial charge in [-0.2, -0.15) is 0 Å². The van der Waals surface area contributed by atoms with E-state index in [1.54, 1.807) is 0 Å². The van der Waals surface area contributed by atoms with Gasteiger partial charge in [-0.3, -0.25) is 4.79 Å². The zero-order chi connectivity index (χ0) is 28.2. The van der Waals surface area contributed by atoms with Gasteiger partial charge in [0.05, 0.1) is 5.41 Å². The maximum Gasteiger partial charge on any atom is 0.149 e. The molecule has 0 aliphatic rings. The van der Waals surface area contributed by atoms with Gasteiger partial charge in [-0.05, 0) is 25.7 Å². The first-order chi connectivity index (χ1) is 18.6. The van der Waals surface area contributed by atoms with Gasteiger partial charge < -0.3 is 4.79 Å². The highest BCUT2D eigenvalue weighted by molar-refractivity contribution is 5.99. The molecule has 0 bridgehead atoms. The third-order valence-corrected chi connectivity index (χ3v) is 8.85. The number of rotatable bonds is 31. The Morgan fingerprint density at radius 1 is 0.474 bits per heavy atom. The van der Waals surface area contributed by atoms with Crippen molar-refractivity contribution < 1.29 is 9.59 Å². The second kappa shape index (κ2) is 27.9. The predicted molar refractivity (Wildman–Crippen MR) is 169 cm³/mol. The van der Waals surface area contributed by atoms with Crippen LogP contribution in [0, 0.1) is 11.3 Å². The van der Waals surface area contributed by atoms with E-state index in [0.29, 0.717) is 5.78 Å². The van der Waals surface area contributed by atoms with E-state index < -0.39 is 5.41 Å². The van der Waals surface area contributed by atoms with E-state index in [9.17, 15) is 9.59 Å². The lowest BCUT2D eigenvalue weighted by molar-refractivity contribution is -0.139. The van der Waals surface area contributed by atoms with E-state index in [1.165, 1.54) is 128 Å². The number of unbranched alkanes of at least 4 members (excludes halogenated alkanes) is 20. The van der Waals surface area contributed by atoms with Crippen molar-refractivity contribution in [1.29, 1.82) is 0 Å². The summed E-state index contributed by atoms with van der Waals surface area (Å²) in [5.74, 6) is 0.425. The molecule has 0 saturated carbocycles. The minimum atomic E-state index is -0.718. The second-order valence-electron chi connectivity index (χ2n) is 12.5. The lowest BCUT2D eigenvalue weighted by Crippen LogP contribution is -2.38. The normalized spacial score (nSPS) is 11.9. The fourth-order valence-corrected chi connectivity index (χ4v) is 6.14. The molecule has 0 aromatic rings. The molecule has 0 spiro atoms. The number of carbonyl (C=O) groups excluding carboxylic acids is 2. The standard InChI is InChI=1S/C36H70O2/c1-5-9-13-17-21-25-29-34(30-26-22-18-14-10-6-2)35(38)36(33-37,31-27-23-19-15-11-7-3)32-28-24-20-16-12-8-4/h33-34H,5-32H2,1-4H3. The summed E-state index contributed by atoms with van der Waals surface area (Å²) in [5, 5.41) is 0. The molecule has 0 heterocycles. The molecule has 2 nitrogen and oxygen atoms in total. The van der Waals surface area contributed by atoms with Gasteiger partial charge in [0.1, 0.15) is 12.1 Å². The molecule has 0 unspecified atom stereocenters. The van der Waals surface area contributed by atoms with E-state index in [-0.39, 0.29) is 5.92 Å². The summed E-state index contributed by atoms with van der Waals surface area (Å²) in [5.41, 5.74) is -0.718. The monoisotopic (exact) mass is 535 g/mol. The van der Waals surface area contributed by atoms with Gasteiger partial charge in [-0.25, -0.2) is 0 Å². The lowest BCUT2D eigenvalue weighted by Gasteiger charge is -2.31. The molecule has 0 N–H and O–H groups in total. The smallest absolute Gasteiger partial charge is 0.149 e. The highest BCUT2D eigenvalue weighted by Crippen LogP contribution is 2.37. The van der Waals surface area contributed by atoms with Crippen molar-refractivity contribution in [1.82, 2.24) is 0 Å². The molecule has 226 valence electrons. The van der Waals surface area contributed by atoms with Crippen LogP contribution < -0.4 is 0 Å². The van der Waals surface area contributed by atoms with Gasteiger partial charge in [0, 0.05) is 5.92 Å². The van der Waals surface area contributed by atoms with Crippen LogP contribution in [0.15, 0.2) is 0 Å². The van der Waals surface area contributed by atoms with Crippen molar-refractivity contribution in [3.63, 3.8) is 0 Å². The molecule has 0 rings (SSSR count). The Labute approximate surface area is 240 Å². The molecule has 0 amide bonds. The van der Waals surface area contributed by atoms with Gasteiger partial charge in [0.2, 0.25) is 0 Å². The lowest BCUT2D eigenvalue weighted by atomic mass is 9.70. The van der Waals surface area contributed by atoms with Crippen LogP contribution >= 0.6 is 0 Å². The minimum absolute atomic E-state index is 0.0951. The van der Waals surface area contributed by atoms with Crippen molar-refractivity contribution in [2.24, 2.45) is 11.3 Å². The van der Waals surface area contributed by atoms with E-state index in [2.05, 4.69) is 27.7 Å². The Balaban J connectivity index is 5.25. The molecular weight excluding hydrogens is 464 g/mol. The maximum absolute atomic E-state index is 14.2. The summed E-state index contributed by atoms with van der Waals surface area (Å²) in [6.07, 6.45) is 34.5. The van der Waals surface area contributed by atoms with Crippen LogP contribution in [0.4, 0.5) is 0 Å². The third kappa shape index (κ3) is 19.4. The summed E-state index contributed by atoms with van der Waals surface area (Å²) in [4.78, 5) is 27.0. The fourth-order valence-electron chi connectivity index (χ4n) is 6.14. The van der Waals surface area contributed by atoms with Crippen molar-refractivity contribution >= 4 is 12.1 Å². The highest BCUT2D eigenvalue weighted by Gasteiger charge is 2.40. The molecule has 0 aromatic heterocycles. The molecule has 0 radical (unpaired) electrons. The van der Waals surface area contributed by atoms with Crippen LogP contribution in [-0.4, -0.2) is 12.1 Å². The molecular formula is C36H70O2. The molecule has 0 fully saturated rings. The summed E-state index contributed by atoms with van der Waals surface area (Å²) < 4.78 is 0. The zero-order valence-corrected chi connectivity index (χ0v) is 26.8. The zero-order valence-electron chi connectivity index (χ0n) is 26.8. The van der Waals surface area contributed by atoms with E-state index >= 15 is 0 Å². The van der Waals surface area contributed by atoms with Crippen LogP contribution in [0.2, 0.25) is 0 Å². The van der Waals surface area contributed by atoms with E-state index in [4.69, 9.17) is 0 Å². The first-order valence-corrected chi connectivity index (χ1v) is 17.6. The fraction of sp³-hybridized carbons (Fsp3) is 0.944. The quantitative estimate of drug-likeness (QED) is 0.0503. The third-order valence-electron chi connectivity index (χ3n) is 8.85. The van der Waals surface area contributed by atoms with Crippen molar-refractivity contribution in [3.05, 3.63) is 0 Å². The van der Waals surface area contributed by atoms with Crippen molar-refractivity contribution in [2.45, 2.75) is 207 Å². The van der Waals surface area contributed by atoms with Crippen LogP contribution in [0.5, 0.6) is 0 Å². The largest absolute Gasteiger partial charge is 0.302 e. The Bertz CT molecular complexity index is 479. The Morgan fingerprint density at radius 2 is 0.763 bits per heavy atom. The molecule has 0 saturated heterocycles. The summed E-state index contributed by atoms with van der Waals surface area (Å²) in [6, 6.07) is 0. The number of aldehydes is 1. The number of hydrogen-bond acceptors (Lipinski definition) is 2. The Hall–Kier alpha value is -0.660. The average molecular weight is 535 g/mol. The molecule has 38 heavy (non-hydrogen) atoms. The highest BCUT2D eigenvalue weighted by atomic mass is 16.1. The predicted octanol–water partition coefficient (Wildman–Crippen LogP) is 12.4. The van der Waals surface area contributed by atoms with Gasteiger partial charge in [-0.15, -0.1) is 0 Å².